The summed E-state index contributed by atoms with van der Waals surface area (Å²) in [7, 11) is 0. The molecule has 104 valence electrons. The van der Waals surface area contributed by atoms with Crippen molar-refractivity contribution < 1.29 is 0 Å². The van der Waals surface area contributed by atoms with Gasteiger partial charge in [0.1, 0.15) is 5.82 Å². The predicted octanol–water partition coefficient (Wildman–Crippen LogP) is 3.34. The lowest BCUT2D eigenvalue weighted by Crippen LogP contribution is -2.25. The lowest BCUT2D eigenvalue weighted by molar-refractivity contribution is 0.464. The van der Waals surface area contributed by atoms with Crippen molar-refractivity contribution in [3.05, 3.63) is 41.9 Å². The number of anilines is 1. The van der Waals surface area contributed by atoms with E-state index in [2.05, 4.69) is 33.2 Å². The summed E-state index contributed by atoms with van der Waals surface area (Å²) < 4.78 is 2.15. The molecule has 1 saturated carbocycles. The lowest BCUT2D eigenvalue weighted by atomic mass is 10.0. The van der Waals surface area contributed by atoms with E-state index in [1.165, 1.54) is 31.4 Å². The zero-order valence-corrected chi connectivity index (χ0v) is 11.6. The fourth-order valence-electron chi connectivity index (χ4n) is 3.51. The second-order valence-electron chi connectivity index (χ2n) is 5.87. The van der Waals surface area contributed by atoms with E-state index in [1.54, 1.807) is 0 Å². The van der Waals surface area contributed by atoms with Crippen molar-refractivity contribution in [3.8, 4) is 0 Å². The number of nitrogens with one attached hydrogen (secondary N) is 1. The number of hydrogen-bond acceptors (Lipinski definition) is 3. The van der Waals surface area contributed by atoms with Gasteiger partial charge in [-0.15, -0.1) is 0 Å². The van der Waals surface area contributed by atoms with Gasteiger partial charge in [0.15, 0.2) is 0 Å². The Morgan fingerprint density at radius 1 is 1.10 bits per heavy atom. The molecule has 2 aromatic rings. The lowest BCUT2D eigenvalue weighted by Gasteiger charge is -2.25. The van der Waals surface area contributed by atoms with Gasteiger partial charge in [-0.3, -0.25) is 4.98 Å². The van der Waals surface area contributed by atoms with Crippen LogP contribution in [0.2, 0.25) is 0 Å². The van der Waals surface area contributed by atoms with E-state index in [0.717, 1.165) is 24.5 Å². The molecule has 0 bridgehead atoms. The van der Waals surface area contributed by atoms with Gasteiger partial charge in [0.05, 0.1) is 17.4 Å². The summed E-state index contributed by atoms with van der Waals surface area (Å²) in [5.74, 6) is 1.83. The third-order valence-corrected chi connectivity index (χ3v) is 4.58. The Kier molecular flexibility index (Phi) is 2.94. The maximum Gasteiger partial charge on any atom is 0.125 e. The minimum Gasteiger partial charge on any atom is -0.370 e. The van der Waals surface area contributed by atoms with Crippen molar-refractivity contribution in [2.45, 2.75) is 44.1 Å². The standard InChI is InChI=1S/C16H20N4/c1-2-6-12(5-1)14-11-16-18-10-8-15(20(16)19-14)13-7-3-4-9-17-13/h3-4,7,9,11-12,15,18H,1-2,5-6,8,10H2. The minimum atomic E-state index is 0.280. The Bertz CT molecular complexity index is 584. The Hall–Kier alpha value is -1.84. The van der Waals surface area contributed by atoms with Gasteiger partial charge >= 0.3 is 0 Å². The van der Waals surface area contributed by atoms with Crippen LogP contribution in [0.15, 0.2) is 30.5 Å². The zero-order chi connectivity index (χ0) is 13.4. The Morgan fingerprint density at radius 3 is 2.80 bits per heavy atom. The van der Waals surface area contributed by atoms with Gasteiger partial charge in [-0.05, 0) is 31.4 Å². The van der Waals surface area contributed by atoms with Crippen LogP contribution in [0.25, 0.3) is 0 Å². The highest BCUT2D eigenvalue weighted by atomic mass is 15.4. The second kappa shape index (κ2) is 4.93. The smallest absolute Gasteiger partial charge is 0.125 e. The highest BCUT2D eigenvalue weighted by Gasteiger charge is 2.27. The number of fused-ring (bicyclic) bond motifs is 1. The fourth-order valence-corrected chi connectivity index (χ4v) is 3.51. The summed E-state index contributed by atoms with van der Waals surface area (Å²) in [5.41, 5.74) is 2.39. The van der Waals surface area contributed by atoms with Crippen LogP contribution in [0.3, 0.4) is 0 Å². The van der Waals surface area contributed by atoms with Crippen LogP contribution in [-0.4, -0.2) is 21.3 Å². The molecule has 0 radical (unpaired) electrons. The van der Waals surface area contributed by atoms with E-state index in [4.69, 9.17) is 5.10 Å². The molecule has 2 aromatic heterocycles. The van der Waals surface area contributed by atoms with Crippen LogP contribution in [0, 0.1) is 0 Å². The molecule has 20 heavy (non-hydrogen) atoms. The van der Waals surface area contributed by atoms with E-state index in [0.29, 0.717) is 5.92 Å². The summed E-state index contributed by atoms with van der Waals surface area (Å²) >= 11 is 0. The first kappa shape index (κ1) is 11.9. The Balaban J connectivity index is 1.70. The molecule has 0 amide bonds. The molecule has 3 heterocycles. The molecule has 4 rings (SSSR count). The number of pyridine rings is 1. The van der Waals surface area contributed by atoms with Gasteiger partial charge in [-0.1, -0.05) is 18.9 Å². The van der Waals surface area contributed by atoms with Gasteiger partial charge in [-0.25, -0.2) is 4.68 Å². The second-order valence-corrected chi connectivity index (χ2v) is 5.87. The van der Waals surface area contributed by atoms with Crippen molar-refractivity contribution in [3.63, 3.8) is 0 Å². The average Bonchev–Trinajstić information content (AvgIpc) is 3.16. The average molecular weight is 268 g/mol. The van der Waals surface area contributed by atoms with E-state index < -0.39 is 0 Å². The summed E-state index contributed by atoms with van der Waals surface area (Å²) in [6.07, 6.45) is 8.22. The summed E-state index contributed by atoms with van der Waals surface area (Å²) in [6, 6.07) is 8.67. The van der Waals surface area contributed by atoms with Crippen LogP contribution in [0.1, 0.15) is 55.5 Å². The first-order chi connectivity index (χ1) is 9.92. The van der Waals surface area contributed by atoms with Crippen molar-refractivity contribution in [1.29, 1.82) is 0 Å². The summed E-state index contributed by atoms with van der Waals surface area (Å²) in [5, 5.41) is 8.38. The molecule has 0 saturated heterocycles. The quantitative estimate of drug-likeness (QED) is 0.908. The highest BCUT2D eigenvalue weighted by Crippen LogP contribution is 2.37. The monoisotopic (exact) mass is 268 g/mol. The molecular formula is C16H20N4. The van der Waals surface area contributed by atoms with E-state index >= 15 is 0 Å². The van der Waals surface area contributed by atoms with Crippen molar-refractivity contribution >= 4 is 5.82 Å². The molecule has 1 unspecified atom stereocenters. The predicted molar refractivity (Wildman–Crippen MR) is 78.9 cm³/mol. The van der Waals surface area contributed by atoms with Gasteiger partial charge in [0.2, 0.25) is 0 Å². The number of aromatic nitrogens is 3. The highest BCUT2D eigenvalue weighted by molar-refractivity contribution is 5.41. The molecule has 1 aliphatic carbocycles. The maximum absolute atomic E-state index is 4.90. The van der Waals surface area contributed by atoms with Crippen LogP contribution in [-0.2, 0) is 0 Å². The van der Waals surface area contributed by atoms with Gasteiger partial charge in [0, 0.05) is 24.7 Å². The van der Waals surface area contributed by atoms with Gasteiger partial charge in [0.25, 0.3) is 0 Å². The molecule has 1 fully saturated rings. The van der Waals surface area contributed by atoms with Crippen molar-refractivity contribution in [2.75, 3.05) is 11.9 Å². The van der Waals surface area contributed by atoms with Crippen molar-refractivity contribution in [1.82, 2.24) is 14.8 Å². The topological polar surface area (TPSA) is 42.7 Å². The van der Waals surface area contributed by atoms with Crippen LogP contribution in [0.4, 0.5) is 5.82 Å². The normalized spacial score (nSPS) is 22.5. The van der Waals surface area contributed by atoms with Crippen molar-refractivity contribution in [2.24, 2.45) is 0 Å². The minimum absolute atomic E-state index is 0.280. The molecule has 0 spiro atoms. The van der Waals surface area contributed by atoms with Crippen LogP contribution < -0.4 is 5.32 Å². The fraction of sp³-hybridized carbons (Fsp3) is 0.500. The molecule has 1 aliphatic heterocycles. The summed E-state index contributed by atoms with van der Waals surface area (Å²) in [6.45, 7) is 0.997. The Labute approximate surface area is 119 Å². The molecular weight excluding hydrogens is 248 g/mol. The van der Waals surface area contributed by atoms with Gasteiger partial charge < -0.3 is 5.32 Å². The number of hydrogen-bond donors (Lipinski definition) is 1. The van der Waals surface area contributed by atoms with E-state index in [-0.39, 0.29) is 6.04 Å². The molecule has 1 N–H and O–H groups in total. The zero-order valence-electron chi connectivity index (χ0n) is 11.6. The maximum atomic E-state index is 4.90. The number of rotatable bonds is 2. The third-order valence-electron chi connectivity index (χ3n) is 4.58. The van der Waals surface area contributed by atoms with E-state index in [9.17, 15) is 0 Å². The number of nitrogens with zero attached hydrogens (tertiary/aromatic N) is 3. The summed E-state index contributed by atoms with van der Waals surface area (Å²) in [4.78, 5) is 4.52. The molecule has 4 nitrogen and oxygen atoms in total. The van der Waals surface area contributed by atoms with Crippen LogP contribution >= 0.6 is 0 Å². The van der Waals surface area contributed by atoms with Gasteiger partial charge in [-0.2, -0.15) is 5.10 Å². The Morgan fingerprint density at radius 2 is 2.00 bits per heavy atom. The van der Waals surface area contributed by atoms with Crippen LogP contribution in [0.5, 0.6) is 0 Å². The molecule has 2 aliphatic rings. The first-order valence-electron chi connectivity index (χ1n) is 7.66. The van der Waals surface area contributed by atoms with E-state index in [1.807, 2.05) is 12.3 Å². The molecule has 4 heteroatoms. The third kappa shape index (κ3) is 1.99. The first-order valence-corrected chi connectivity index (χ1v) is 7.66. The largest absolute Gasteiger partial charge is 0.370 e. The SMILES string of the molecule is c1ccc(C2CCNc3cc(C4CCCC4)nn32)nc1. The molecule has 0 aromatic carbocycles. The molecule has 1 atom stereocenters.